The van der Waals surface area contributed by atoms with Crippen molar-refractivity contribution in [3.63, 3.8) is 0 Å². The first kappa shape index (κ1) is 24.5. The molecule has 0 aliphatic heterocycles. The van der Waals surface area contributed by atoms with Crippen molar-refractivity contribution < 1.29 is 23.0 Å². The zero-order chi connectivity index (χ0) is 25.2. The minimum Gasteiger partial charge on any atom is -0.459 e. The molecule has 0 amide bonds. The van der Waals surface area contributed by atoms with Gasteiger partial charge in [-0.2, -0.15) is 19.0 Å². The molecule has 184 valence electrons. The molecule has 12 heteroatoms. The molecule has 0 aliphatic carbocycles. The number of benzene rings is 1. The van der Waals surface area contributed by atoms with Gasteiger partial charge in [-0.1, -0.05) is 0 Å². The summed E-state index contributed by atoms with van der Waals surface area (Å²) < 4.78 is 39.5. The second kappa shape index (κ2) is 9.90. The van der Waals surface area contributed by atoms with Gasteiger partial charge in [-0.15, -0.1) is 11.8 Å². The van der Waals surface area contributed by atoms with Crippen LogP contribution >= 0.6 is 11.8 Å². The number of anilines is 2. The van der Waals surface area contributed by atoms with Gasteiger partial charge in [0.1, 0.15) is 29.3 Å². The fourth-order valence-corrected chi connectivity index (χ4v) is 3.82. The van der Waals surface area contributed by atoms with E-state index in [0.29, 0.717) is 28.3 Å². The summed E-state index contributed by atoms with van der Waals surface area (Å²) in [6.07, 6.45) is 8.44. The van der Waals surface area contributed by atoms with Crippen LogP contribution < -0.4 is 10.1 Å². The molecule has 9 nitrogen and oxygen atoms in total. The molecular formula is C23H24F2N6O3S. The van der Waals surface area contributed by atoms with Gasteiger partial charge in [-0.3, -0.25) is 9.48 Å². The summed E-state index contributed by atoms with van der Waals surface area (Å²) in [5.41, 5.74) is 1.57. The van der Waals surface area contributed by atoms with E-state index in [1.165, 1.54) is 22.5 Å². The Balaban J connectivity index is 1.79. The van der Waals surface area contributed by atoms with Gasteiger partial charge in [-0.05, 0) is 51.3 Å². The number of aromatic nitrogens is 5. The van der Waals surface area contributed by atoms with E-state index >= 15 is 0 Å². The van der Waals surface area contributed by atoms with Crippen molar-refractivity contribution in [1.29, 1.82) is 0 Å². The molecule has 0 saturated heterocycles. The van der Waals surface area contributed by atoms with Crippen molar-refractivity contribution in [2.45, 2.75) is 44.4 Å². The van der Waals surface area contributed by atoms with Gasteiger partial charge in [0.15, 0.2) is 5.65 Å². The number of hydrogen-bond acceptors (Lipinski definition) is 8. The standard InChI is InChI=1S/C23H24F2N6O3S/c1-23(2,3)34-19(32)13-30-12-17(28-16-11-27-31-9-5-8-26-21(16)31)20(29-30)15-10-14(35-4)6-7-18(15)33-22(24)25/h5-12,22,28H,13H2,1-4H3. The smallest absolute Gasteiger partial charge is 0.387 e. The van der Waals surface area contributed by atoms with E-state index < -0.39 is 18.2 Å². The third-order valence-electron chi connectivity index (χ3n) is 4.68. The Morgan fingerprint density at radius 3 is 2.77 bits per heavy atom. The molecular weight excluding hydrogens is 478 g/mol. The van der Waals surface area contributed by atoms with E-state index in [4.69, 9.17) is 9.47 Å². The summed E-state index contributed by atoms with van der Waals surface area (Å²) in [5, 5.41) is 12.0. The number of hydrogen-bond donors (Lipinski definition) is 1. The maximum Gasteiger partial charge on any atom is 0.387 e. The summed E-state index contributed by atoms with van der Waals surface area (Å²) in [6.45, 7) is 2.12. The topological polar surface area (TPSA) is 95.6 Å². The fourth-order valence-electron chi connectivity index (χ4n) is 3.38. The van der Waals surface area contributed by atoms with E-state index in [-0.39, 0.29) is 12.3 Å². The monoisotopic (exact) mass is 502 g/mol. The van der Waals surface area contributed by atoms with Crippen LogP contribution in [0, 0.1) is 0 Å². The molecule has 0 aliphatic rings. The number of nitrogens with one attached hydrogen (secondary N) is 1. The van der Waals surface area contributed by atoms with Crippen LogP contribution in [0.1, 0.15) is 20.8 Å². The molecule has 3 aromatic heterocycles. The lowest BCUT2D eigenvalue weighted by molar-refractivity contribution is -0.155. The number of thioether (sulfide) groups is 1. The van der Waals surface area contributed by atoms with Gasteiger partial charge in [0.25, 0.3) is 0 Å². The average Bonchev–Trinajstić information content (AvgIpc) is 3.36. The third-order valence-corrected chi connectivity index (χ3v) is 5.40. The molecule has 0 bridgehead atoms. The number of ether oxygens (including phenoxy) is 2. The Kier molecular flexibility index (Phi) is 6.92. The van der Waals surface area contributed by atoms with Crippen LogP contribution in [-0.4, -0.2) is 48.8 Å². The molecule has 1 N–H and O–H groups in total. The number of alkyl halides is 2. The van der Waals surface area contributed by atoms with Crippen molar-refractivity contribution >= 4 is 34.8 Å². The molecule has 0 atom stereocenters. The summed E-state index contributed by atoms with van der Waals surface area (Å²) in [4.78, 5) is 17.6. The lowest BCUT2D eigenvalue weighted by atomic mass is 10.1. The second-order valence-electron chi connectivity index (χ2n) is 8.49. The molecule has 0 radical (unpaired) electrons. The molecule has 1 aromatic carbocycles. The van der Waals surface area contributed by atoms with Gasteiger partial charge < -0.3 is 14.8 Å². The van der Waals surface area contributed by atoms with E-state index in [1.54, 1.807) is 68.3 Å². The predicted octanol–water partition coefficient (Wildman–Crippen LogP) is 5.00. The van der Waals surface area contributed by atoms with Crippen LogP contribution in [0.2, 0.25) is 0 Å². The number of fused-ring (bicyclic) bond motifs is 1. The maximum atomic E-state index is 13.2. The molecule has 0 saturated carbocycles. The van der Waals surface area contributed by atoms with Gasteiger partial charge in [0.2, 0.25) is 0 Å². The van der Waals surface area contributed by atoms with E-state index in [9.17, 15) is 13.6 Å². The number of halogens is 2. The number of esters is 1. The van der Waals surface area contributed by atoms with E-state index in [0.717, 1.165) is 4.90 Å². The third kappa shape index (κ3) is 5.88. The van der Waals surface area contributed by atoms with Crippen molar-refractivity contribution in [3.05, 3.63) is 49.1 Å². The Labute approximate surface area is 204 Å². The fraction of sp³-hybridized carbons (Fsp3) is 0.304. The summed E-state index contributed by atoms with van der Waals surface area (Å²) >= 11 is 1.45. The summed E-state index contributed by atoms with van der Waals surface area (Å²) in [7, 11) is 0. The zero-order valence-corrected chi connectivity index (χ0v) is 20.3. The largest absolute Gasteiger partial charge is 0.459 e. The Bertz CT molecular complexity index is 1350. The summed E-state index contributed by atoms with van der Waals surface area (Å²) in [5.74, 6) is -0.529. The molecule has 4 rings (SSSR count). The highest BCUT2D eigenvalue weighted by Gasteiger charge is 2.22. The first-order chi connectivity index (χ1) is 16.6. The lowest BCUT2D eigenvalue weighted by Gasteiger charge is -2.19. The zero-order valence-electron chi connectivity index (χ0n) is 19.5. The molecule has 0 fully saturated rings. The highest BCUT2D eigenvalue weighted by Crippen LogP contribution is 2.38. The van der Waals surface area contributed by atoms with Crippen LogP contribution in [0.4, 0.5) is 20.2 Å². The van der Waals surface area contributed by atoms with Crippen LogP contribution in [0.25, 0.3) is 16.9 Å². The first-order valence-corrected chi connectivity index (χ1v) is 11.8. The predicted molar refractivity (Wildman–Crippen MR) is 128 cm³/mol. The summed E-state index contributed by atoms with van der Waals surface area (Å²) in [6, 6.07) is 6.62. The molecule has 4 aromatic rings. The number of rotatable bonds is 8. The van der Waals surface area contributed by atoms with Gasteiger partial charge in [0.05, 0.1) is 11.9 Å². The lowest BCUT2D eigenvalue weighted by Crippen LogP contribution is -2.26. The van der Waals surface area contributed by atoms with Crippen LogP contribution in [-0.2, 0) is 16.1 Å². The van der Waals surface area contributed by atoms with Crippen LogP contribution in [0.15, 0.2) is 53.9 Å². The highest BCUT2D eigenvalue weighted by molar-refractivity contribution is 7.98. The minimum absolute atomic E-state index is 0.0404. The van der Waals surface area contributed by atoms with Crippen molar-refractivity contribution in [1.82, 2.24) is 24.4 Å². The normalized spacial score (nSPS) is 11.7. The van der Waals surface area contributed by atoms with Crippen molar-refractivity contribution in [3.8, 4) is 17.0 Å². The molecule has 0 spiro atoms. The molecule has 0 unspecified atom stereocenters. The SMILES string of the molecule is CSc1ccc(OC(F)F)c(-c2nn(CC(=O)OC(C)(C)C)cc2Nc2cnn3cccnc23)c1. The average molecular weight is 503 g/mol. The van der Waals surface area contributed by atoms with E-state index in [1.807, 2.05) is 6.26 Å². The quantitative estimate of drug-likeness (QED) is 0.266. The van der Waals surface area contributed by atoms with E-state index in [2.05, 4.69) is 20.5 Å². The van der Waals surface area contributed by atoms with Gasteiger partial charge in [0, 0.05) is 29.0 Å². The number of carbonyl (C=O) groups is 1. The minimum atomic E-state index is -3.02. The van der Waals surface area contributed by atoms with Gasteiger partial charge in [-0.25, -0.2) is 9.50 Å². The Morgan fingerprint density at radius 2 is 2.06 bits per heavy atom. The highest BCUT2D eigenvalue weighted by atomic mass is 32.2. The molecule has 35 heavy (non-hydrogen) atoms. The second-order valence-corrected chi connectivity index (χ2v) is 9.37. The Morgan fingerprint density at radius 1 is 1.26 bits per heavy atom. The number of carbonyl (C=O) groups excluding carboxylic acids is 1. The van der Waals surface area contributed by atoms with Crippen molar-refractivity contribution in [2.75, 3.05) is 11.6 Å². The van der Waals surface area contributed by atoms with Crippen LogP contribution in [0.5, 0.6) is 5.75 Å². The number of nitrogens with zero attached hydrogens (tertiary/aromatic N) is 5. The molecule has 3 heterocycles. The van der Waals surface area contributed by atoms with Crippen LogP contribution in [0.3, 0.4) is 0 Å². The maximum absolute atomic E-state index is 13.2. The first-order valence-electron chi connectivity index (χ1n) is 10.6. The Hall–Kier alpha value is -3.67. The van der Waals surface area contributed by atoms with Crippen molar-refractivity contribution in [2.24, 2.45) is 0 Å². The van der Waals surface area contributed by atoms with Gasteiger partial charge >= 0.3 is 12.6 Å².